The van der Waals surface area contributed by atoms with E-state index >= 15 is 0 Å². The van der Waals surface area contributed by atoms with E-state index in [0.29, 0.717) is 0 Å². The Hall–Kier alpha value is -6.58. The van der Waals surface area contributed by atoms with Gasteiger partial charge < -0.3 is 14.1 Å². The molecule has 0 atom stereocenters. The number of furan rings is 1. The minimum Gasteiger partial charge on any atom is -0.456 e. The molecule has 3 heteroatoms. The van der Waals surface area contributed by atoms with Gasteiger partial charge in [-0.25, -0.2) is 0 Å². The zero-order valence-electron chi connectivity index (χ0n) is 28.9. The molecule has 52 heavy (non-hydrogen) atoms. The number of nitrogens with zero attached hydrogens (tertiary/aromatic N) is 1. The molecule has 8 aromatic carbocycles. The SMILES string of the molecule is CC1(C)c2ccccc2-c2cccc(N(c3ccc4c(c3)Oc3ccc(-c5ccccc5)c5cccc-4c35)c3cccc4c3oc3ccccc34)c21. The number of ether oxygens (including phenoxy) is 1. The fourth-order valence-corrected chi connectivity index (χ4v) is 8.95. The number of rotatable bonds is 4. The number of para-hydroxylation sites is 2. The van der Waals surface area contributed by atoms with Crippen LogP contribution in [0.3, 0.4) is 0 Å². The summed E-state index contributed by atoms with van der Waals surface area (Å²) in [5.74, 6) is 1.71. The second kappa shape index (κ2) is 10.7. The Morgan fingerprint density at radius 3 is 2.10 bits per heavy atom. The van der Waals surface area contributed by atoms with Gasteiger partial charge in [-0.2, -0.15) is 0 Å². The first kappa shape index (κ1) is 29.2. The third kappa shape index (κ3) is 4.02. The molecule has 9 aromatic rings. The fourth-order valence-electron chi connectivity index (χ4n) is 8.95. The van der Waals surface area contributed by atoms with Crippen LogP contribution in [-0.2, 0) is 5.41 Å². The lowest BCUT2D eigenvalue weighted by Crippen LogP contribution is -2.20. The van der Waals surface area contributed by atoms with E-state index in [0.717, 1.165) is 61.4 Å². The molecule has 0 saturated carbocycles. The van der Waals surface area contributed by atoms with Crippen LogP contribution in [0, 0.1) is 0 Å². The number of hydrogen-bond donors (Lipinski definition) is 0. The van der Waals surface area contributed by atoms with Gasteiger partial charge in [-0.1, -0.05) is 135 Å². The Morgan fingerprint density at radius 2 is 1.17 bits per heavy atom. The minimum atomic E-state index is -0.224. The van der Waals surface area contributed by atoms with Crippen molar-refractivity contribution < 1.29 is 9.15 Å². The van der Waals surface area contributed by atoms with E-state index in [1.807, 2.05) is 6.07 Å². The number of anilines is 3. The Kier molecular flexibility index (Phi) is 6.01. The number of benzene rings is 8. The number of hydrogen-bond acceptors (Lipinski definition) is 3. The average molecular weight is 668 g/mol. The van der Waals surface area contributed by atoms with Crippen LogP contribution in [0.1, 0.15) is 25.0 Å². The van der Waals surface area contributed by atoms with E-state index in [1.54, 1.807) is 0 Å². The van der Waals surface area contributed by atoms with E-state index in [9.17, 15) is 0 Å². The van der Waals surface area contributed by atoms with Gasteiger partial charge >= 0.3 is 0 Å². The average Bonchev–Trinajstić information content (AvgIpc) is 3.68. The molecular formula is C49H33NO2. The minimum absolute atomic E-state index is 0.224. The molecule has 11 rings (SSSR count). The third-order valence-corrected chi connectivity index (χ3v) is 11.2. The molecule has 0 amide bonds. The largest absolute Gasteiger partial charge is 0.456 e. The molecule has 3 nitrogen and oxygen atoms in total. The van der Waals surface area contributed by atoms with Gasteiger partial charge in [0.25, 0.3) is 0 Å². The second-order valence-corrected chi connectivity index (χ2v) is 14.4. The molecule has 1 aromatic heterocycles. The molecule has 0 bridgehead atoms. The van der Waals surface area contributed by atoms with Crippen LogP contribution in [0.15, 0.2) is 168 Å². The Balaban J connectivity index is 1.15. The van der Waals surface area contributed by atoms with Crippen molar-refractivity contribution in [1.29, 1.82) is 0 Å². The second-order valence-electron chi connectivity index (χ2n) is 14.4. The van der Waals surface area contributed by atoms with Gasteiger partial charge in [-0.15, -0.1) is 0 Å². The molecule has 0 unspecified atom stereocenters. The summed E-state index contributed by atoms with van der Waals surface area (Å²) in [5.41, 5.74) is 14.5. The molecule has 2 aliphatic rings. The first-order valence-corrected chi connectivity index (χ1v) is 17.9. The summed E-state index contributed by atoms with van der Waals surface area (Å²) in [5, 5.41) is 4.54. The van der Waals surface area contributed by atoms with Gasteiger partial charge in [-0.3, -0.25) is 0 Å². The van der Waals surface area contributed by atoms with Gasteiger partial charge in [0.05, 0.1) is 17.1 Å². The molecule has 1 aliphatic heterocycles. The fraction of sp³-hybridized carbons (Fsp3) is 0.0612. The van der Waals surface area contributed by atoms with Crippen LogP contribution in [0.2, 0.25) is 0 Å². The van der Waals surface area contributed by atoms with E-state index in [2.05, 4.69) is 176 Å². The highest BCUT2D eigenvalue weighted by atomic mass is 16.5. The maximum absolute atomic E-state index is 6.87. The molecule has 0 spiro atoms. The lowest BCUT2D eigenvalue weighted by molar-refractivity contribution is 0.487. The van der Waals surface area contributed by atoms with Crippen molar-refractivity contribution in [3.05, 3.63) is 175 Å². The lowest BCUT2D eigenvalue weighted by atomic mass is 9.81. The summed E-state index contributed by atoms with van der Waals surface area (Å²) in [6, 6.07) is 58.5. The highest BCUT2D eigenvalue weighted by molar-refractivity contribution is 6.12. The number of fused-ring (bicyclic) bond motifs is 8. The first-order chi connectivity index (χ1) is 25.6. The summed E-state index contributed by atoms with van der Waals surface area (Å²) in [7, 11) is 0. The van der Waals surface area contributed by atoms with Crippen LogP contribution < -0.4 is 9.64 Å². The molecule has 0 radical (unpaired) electrons. The van der Waals surface area contributed by atoms with Crippen LogP contribution >= 0.6 is 0 Å². The predicted molar refractivity (Wildman–Crippen MR) is 214 cm³/mol. The molecule has 1 aliphatic carbocycles. The normalized spacial score (nSPS) is 13.5. The van der Waals surface area contributed by atoms with Crippen LogP contribution in [-0.4, -0.2) is 0 Å². The molecule has 246 valence electrons. The van der Waals surface area contributed by atoms with Crippen molar-refractivity contribution >= 4 is 49.8 Å². The quantitative estimate of drug-likeness (QED) is 0.187. The van der Waals surface area contributed by atoms with E-state index in [-0.39, 0.29) is 5.41 Å². The summed E-state index contributed by atoms with van der Waals surface area (Å²) < 4.78 is 13.6. The third-order valence-electron chi connectivity index (χ3n) is 11.2. The van der Waals surface area contributed by atoms with Crippen molar-refractivity contribution in [2.45, 2.75) is 19.3 Å². The van der Waals surface area contributed by atoms with Crippen molar-refractivity contribution in [3.8, 4) is 44.9 Å². The van der Waals surface area contributed by atoms with Gasteiger partial charge in [0, 0.05) is 33.2 Å². The van der Waals surface area contributed by atoms with E-state index in [4.69, 9.17) is 9.15 Å². The predicted octanol–water partition coefficient (Wildman–Crippen LogP) is 14.0. The van der Waals surface area contributed by atoms with Crippen LogP contribution in [0.4, 0.5) is 17.1 Å². The van der Waals surface area contributed by atoms with Gasteiger partial charge in [0.2, 0.25) is 0 Å². The maximum atomic E-state index is 6.87. The highest BCUT2D eigenvalue weighted by Gasteiger charge is 2.39. The van der Waals surface area contributed by atoms with Gasteiger partial charge in [-0.05, 0) is 80.7 Å². The Morgan fingerprint density at radius 1 is 0.481 bits per heavy atom. The highest BCUT2D eigenvalue weighted by Crippen LogP contribution is 2.56. The summed E-state index contributed by atoms with van der Waals surface area (Å²) in [6.45, 7) is 4.69. The first-order valence-electron chi connectivity index (χ1n) is 17.9. The zero-order valence-corrected chi connectivity index (χ0v) is 28.9. The van der Waals surface area contributed by atoms with Crippen molar-refractivity contribution in [1.82, 2.24) is 0 Å². The molecule has 0 saturated heterocycles. The van der Waals surface area contributed by atoms with Crippen LogP contribution in [0.5, 0.6) is 11.5 Å². The molecular weight excluding hydrogens is 635 g/mol. The zero-order chi connectivity index (χ0) is 34.6. The topological polar surface area (TPSA) is 25.6 Å². The molecule has 2 heterocycles. The van der Waals surface area contributed by atoms with Gasteiger partial charge in [0.15, 0.2) is 5.58 Å². The van der Waals surface area contributed by atoms with Crippen LogP contribution in [0.25, 0.3) is 66.1 Å². The summed E-state index contributed by atoms with van der Waals surface area (Å²) in [6.07, 6.45) is 0. The standard InChI is InChI=1S/C49H33NO2/c1-49(2)40-21-8-6-15-33(40)38-19-11-22-41(47(38)49)50(42-23-12-20-39-34-16-7-9-24-43(34)52-48(39)42)31-25-26-35-37-18-10-17-36-32(30-13-4-3-5-14-30)27-28-44(46(36)37)51-45(35)29-31/h3-29H,1-2H3. The lowest BCUT2D eigenvalue weighted by Gasteiger charge is -2.33. The Bertz CT molecular complexity index is 2920. The maximum Gasteiger partial charge on any atom is 0.159 e. The van der Waals surface area contributed by atoms with Crippen molar-refractivity contribution in [3.63, 3.8) is 0 Å². The monoisotopic (exact) mass is 667 g/mol. The van der Waals surface area contributed by atoms with E-state index < -0.39 is 0 Å². The summed E-state index contributed by atoms with van der Waals surface area (Å²) in [4.78, 5) is 2.38. The molecule has 0 N–H and O–H groups in total. The van der Waals surface area contributed by atoms with Crippen molar-refractivity contribution in [2.75, 3.05) is 4.90 Å². The molecule has 0 fully saturated rings. The van der Waals surface area contributed by atoms with Crippen molar-refractivity contribution in [2.24, 2.45) is 0 Å². The van der Waals surface area contributed by atoms with E-state index in [1.165, 1.54) is 44.3 Å². The smallest absolute Gasteiger partial charge is 0.159 e. The summed E-state index contributed by atoms with van der Waals surface area (Å²) >= 11 is 0. The Labute approximate surface area is 302 Å². The van der Waals surface area contributed by atoms with Gasteiger partial charge in [0.1, 0.15) is 17.1 Å².